The van der Waals surface area contributed by atoms with Crippen LogP contribution >= 0.6 is 11.6 Å². The molecule has 0 spiro atoms. The molecule has 2 fully saturated rings. The maximum atomic E-state index is 14.2. The van der Waals surface area contributed by atoms with Gasteiger partial charge in [0, 0.05) is 19.3 Å². The molecular weight excluding hydrogens is 315 g/mol. The Morgan fingerprint density at radius 2 is 1.83 bits per heavy atom. The first-order valence-electron chi connectivity index (χ1n) is 8.37. The molecular formula is C17H22ClFN4. The van der Waals surface area contributed by atoms with Crippen molar-refractivity contribution in [2.75, 3.05) is 18.0 Å². The minimum absolute atomic E-state index is 0.0939. The Hall–Kier alpha value is -1.49. The van der Waals surface area contributed by atoms with Gasteiger partial charge in [0.05, 0.1) is 11.1 Å². The lowest BCUT2D eigenvalue weighted by Gasteiger charge is -2.23. The smallest absolute Gasteiger partial charge is 0.225 e. The Labute approximate surface area is 141 Å². The molecule has 0 N–H and O–H groups in total. The maximum absolute atomic E-state index is 14.2. The molecule has 1 aliphatic carbocycles. The van der Waals surface area contributed by atoms with E-state index in [1.165, 1.54) is 19.3 Å². The van der Waals surface area contributed by atoms with E-state index in [4.69, 9.17) is 11.6 Å². The molecule has 0 aromatic carbocycles. The number of hydrogen-bond acceptors (Lipinski definition) is 4. The normalized spacial score (nSPS) is 22.9. The van der Waals surface area contributed by atoms with Gasteiger partial charge in [-0.05, 0) is 49.6 Å². The van der Waals surface area contributed by atoms with Crippen molar-refractivity contribution in [3.05, 3.63) is 23.0 Å². The van der Waals surface area contributed by atoms with Gasteiger partial charge in [-0.15, -0.1) is 0 Å². The molecule has 4 rings (SSSR count). The molecule has 2 unspecified atom stereocenters. The molecule has 4 nitrogen and oxygen atoms in total. The van der Waals surface area contributed by atoms with Crippen molar-refractivity contribution in [1.82, 2.24) is 15.0 Å². The van der Waals surface area contributed by atoms with E-state index < -0.39 is 5.82 Å². The molecule has 0 bridgehead atoms. The van der Waals surface area contributed by atoms with E-state index in [-0.39, 0.29) is 10.8 Å². The second-order valence-electron chi connectivity index (χ2n) is 6.06. The van der Waals surface area contributed by atoms with E-state index in [1.54, 1.807) is 13.1 Å². The van der Waals surface area contributed by atoms with Crippen molar-refractivity contribution in [3.8, 4) is 0 Å². The van der Waals surface area contributed by atoms with Gasteiger partial charge in [-0.3, -0.25) is 4.98 Å². The molecule has 23 heavy (non-hydrogen) atoms. The van der Waals surface area contributed by atoms with Gasteiger partial charge in [0.2, 0.25) is 5.28 Å². The van der Waals surface area contributed by atoms with Crippen LogP contribution in [0.4, 0.5) is 10.2 Å². The highest BCUT2D eigenvalue weighted by atomic mass is 35.5. The number of aryl methyl sites for hydroxylation is 1. The highest BCUT2D eigenvalue weighted by Gasteiger charge is 2.39. The average Bonchev–Trinajstić information content (AvgIpc) is 3.32. The summed E-state index contributed by atoms with van der Waals surface area (Å²) in [6, 6.07) is 0. The summed E-state index contributed by atoms with van der Waals surface area (Å²) < 4.78 is 14.2. The van der Waals surface area contributed by atoms with Gasteiger partial charge >= 0.3 is 0 Å². The Balaban J connectivity index is 0.000000753. The second kappa shape index (κ2) is 6.56. The molecule has 2 aromatic rings. The summed E-state index contributed by atoms with van der Waals surface area (Å²) in [4.78, 5) is 14.7. The molecule has 2 aliphatic rings. The highest BCUT2D eigenvalue weighted by molar-refractivity contribution is 6.28. The van der Waals surface area contributed by atoms with Crippen LogP contribution in [0.5, 0.6) is 0 Å². The van der Waals surface area contributed by atoms with Crippen LogP contribution in [0, 0.1) is 24.6 Å². The van der Waals surface area contributed by atoms with Gasteiger partial charge in [-0.2, -0.15) is 4.98 Å². The molecule has 1 aliphatic heterocycles. The summed E-state index contributed by atoms with van der Waals surface area (Å²) >= 11 is 6.01. The summed E-state index contributed by atoms with van der Waals surface area (Å²) in [5.74, 6) is 2.06. The minimum atomic E-state index is -0.407. The molecule has 1 saturated carbocycles. The van der Waals surface area contributed by atoms with Crippen LogP contribution in [0.3, 0.4) is 0 Å². The first kappa shape index (κ1) is 16.4. The van der Waals surface area contributed by atoms with E-state index >= 15 is 0 Å². The van der Waals surface area contributed by atoms with Gasteiger partial charge in [0.15, 0.2) is 5.82 Å². The van der Waals surface area contributed by atoms with E-state index in [0.717, 1.165) is 30.7 Å². The van der Waals surface area contributed by atoms with Crippen LogP contribution in [0.25, 0.3) is 10.9 Å². The first-order chi connectivity index (χ1) is 11.1. The number of halogens is 2. The van der Waals surface area contributed by atoms with E-state index in [0.29, 0.717) is 11.1 Å². The topological polar surface area (TPSA) is 41.9 Å². The summed E-state index contributed by atoms with van der Waals surface area (Å²) in [6.45, 7) is 7.52. The Morgan fingerprint density at radius 3 is 2.48 bits per heavy atom. The molecule has 6 heteroatoms. The third-order valence-corrected chi connectivity index (χ3v) is 4.89. The maximum Gasteiger partial charge on any atom is 0.225 e. The summed E-state index contributed by atoms with van der Waals surface area (Å²) in [6.07, 6.45) is 5.38. The first-order valence-corrected chi connectivity index (χ1v) is 8.74. The molecule has 0 amide bonds. The monoisotopic (exact) mass is 336 g/mol. The van der Waals surface area contributed by atoms with E-state index in [2.05, 4.69) is 19.9 Å². The molecule has 3 heterocycles. The zero-order valence-electron chi connectivity index (χ0n) is 13.8. The second-order valence-corrected chi connectivity index (χ2v) is 6.39. The SMILES string of the molecule is CC.Cc1ncc2c(N3CCC4CC4CC3)nc(Cl)nc2c1F. The summed E-state index contributed by atoms with van der Waals surface area (Å²) in [7, 11) is 0. The van der Waals surface area contributed by atoms with Crippen molar-refractivity contribution in [2.24, 2.45) is 11.8 Å². The Bertz CT molecular complexity index is 709. The number of pyridine rings is 1. The fourth-order valence-corrected chi connectivity index (χ4v) is 3.50. The number of nitrogens with zero attached hydrogens (tertiary/aromatic N) is 4. The largest absolute Gasteiger partial charge is 0.356 e. The molecule has 2 atom stereocenters. The number of rotatable bonds is 1. The van der Waals surface area contributed by atoms with E-state index in [9.17, 15) is 4.39 Å². The van der Waals surface area contributed by atoms with Gasteiger partial charge in [-0.1, -0.05) is 13.8 Å². The predicted molar refractivity (Wildman–Crippen MR) is 91.4 cm³/mol. The summed E-state index contributed by atoms with van der Waals surface area (Å²) in [5.41, 5.74) is 0.604. The standard InChI is InChI=1S/C15H16ClFN4.C2H6/c1-8-12(17)13-11(7-18-8)14(20-15(16)19-13)21-4-2-9-6-10(9)3-5-21;1-2/h7,9-10H,2-6H2,1H3;1-2H3. The lowest BCUT2D eigenvalue weighted by Crippen LogP contribution is -2.26. The quantitative estimate of drug-likeness (QED) is 0.724. The van der Waals surface area contributed by atoms with Crippen LogP contribution < -0.4 is 4.90 Å². The zero-order valence-corrected chi connectivity index (χ0v) is 14.6. The van der Waals surface area contributed by atoms with Crippen LogP contribution in [0.2, 0.25) is 5.28 Å². The fourth-order valence-electron chi connectivity index (χ4n) is 3.33. The van der Waals surface area contributed by atoms with Crippen molar-refractivity contribution in [1.29, 1.82) is 0 Å². The van der Waals surface area contributed by atoms with Crippen molar-refractivity contribution in [3.63, 3.8) is 0 Å². The van der Waals surface area contributed by atoms with Gasteiger partial charge in [0.1, 0.15) is 11.3 Å². The van der Waals surface area contributed by atoms with Gasteiger partial charge in [-0.25, -0.2) is 9.37 Å². The number of anilines is 1. The van der Waals surface area contributed by atoms with Gasteiger partial charge < -0.3 is 4.90 Å². The number of fused-ring (bicyclic) bond motifs is 2. The van der Waals surface area contributed by atoms with Gasteiger partial charge in [0.25, 0.3) is 0 Å². The van der Waals surface area contributed by atoms with E-state index in [1.807, 2.05) is 13.8 Å². The van der Waals surface area contributed by atoms with Crippen LogP contribution in [-0.2, 0) is 0 Å². The van der Waals surface area contributed by atoms with Crippen molar-refractivity contribution in [2.45, 2.75) is 40.0 Å². The Morgan fingerprint density at radius 1 is 1.17 bits per heavy atom. The predicted octanol–water partition coefficient (Wildman–Crippen LogP) is 4.39. The third-order valence-electron chi connectivity index (χ3n) is 4.72. The lowest BCUT2D eigenvalue weighted by atomic mass is 10.2. The fraction of sp³-hybridized carbons (Fsp3) is 0.588. The zero-order chi connectivity index (χ0) is 16.6. The highest BCUT2D eigenvalue weighted by Crippen LogP contribution is 2.46. The average molecular weight is 337 g/mol. The lowest BCUT2D eigenvalue weighted by molar-refractivity contribution is 0.619. The van der Waals surface area contributed by atoms with Crippen LogP contribution in [0.1, 0.15) is 38.8 Å². The minimum Gasteiger partial charge on any atom is -0.356 e. The Kier molecular flexibility index (Phi) is 4.67. The van der Waals surface area contributed by atoms with Crippen LogP contribution in [-0.4, -0.2) is 28.0 Å². The molecule has 124 valence electrons. The number of hydrogen-bond donors (Lipinski definition) is 0. The van der Waals surface area contributed by atoms with Crippen LogP contribution in [0.15, 0.2) is 6.20 Å². The molecule has 0 radical (unpaired) electrons. The number of aromatic nitrogens is 3. The van der Waals surface area contributed by atoms with Crippen molar-refractivity contribution < 1.29 is 4.39 Å². The molecule has 1 saturated heterocycles. The van der Waals surface area contributed by atoms with Crippen molar-refractivity contribution >= 4 is 28.3 Å². The summed E-state index contributed by atoms with van der Waals surface area (Å²) in [5, 5.41) is 0.745. The molecule has 2 aromatic heterocycles. The third kappa shape index (κ3) is 3.11.